The molecule has 2 heterocycles. The number of piperazine rings is 1. The topological polar surface area (TPSA) is 44.8 Å². The van der Waals surface area contributed by atoms with Crippen LogP contribution in [0.15, 0.2) is 88.7 Å². The normalized spacial score (nSPS) is 16.3. The minimum atomic E-state index is -4.46. The van der Waals surface area contributed by atoms with E-state index in [1.165, 1.54) is 37.1 Å². The predicted molar refractivity (Wildman–Crippen MR) is 183 cm³/mol. The summed E-state index contributed by atoms with van der Waals surface area (Å²) in [5.41, 5.74) is 0.701. The van der Waals surface area contributed by atoms with Crippen LogP contribution in [-0.2, 0) is 15.7 Å². The molecule has 0 saturated carbocycles. The van der Waals surface area contributed by atoms with Gasteiger partial charge in [-0.25, -0.2) is 0 Å². The first-order chi connectivity index (χ1) is 22.4. The molecule has 0 aliphatic carbocycles. The molecule has 0 aromatic heterocycles. The van der Waals surface area contributed by atoms with Crippen LogP contribution < -0.4 is 10.2 Å². The van der Waals surface area contributed by atoms with Crippen molar-refractivity contribution in [3.63, 3.8) is 0 Å². The van der Waals surface area contributed by atoms with Crippen molar-refractivity contribution in [2.45, 2.75) is 86.7 Å². The third-order valence-electron chi connectivity index (χ3n) is 8.24. The van der Waals surface area contributed by atoms with Crippen molar-refractivity contribution in [1.82, 2.24) is 10.2 Å². The number of fused-ring (bicyclic) bond motifs is 2. The summed E-state index contributed by atoms with van der Waals surface area (Å²) in [6.07, 6.45) is 16.2. The molecule has 2 aliphatic heterocycles. The number of alkyl halides is 3. The fourth-order valence-electron chi connectivity index (χ4n) is 5.71. The summed E-state index contributed by atoms with van der Waals surface area (Å²) < 4.78 is 47.1. The van der Waals surface area contributed by atoms with E-state index in [0.717, 1.165) is 67.0 Å². The van der Waals surface area contributed by atoms with E-state index in [1.54, 1.807) is 6.07 Å². The van der Waals surface area contributed by atoms with Crippen molar-refractivity contribution < 1.29 is 22.7 Å². The van der Waals surface area contributed by atoms with Crippen molar-refractivity contribution in [3.8, 4) is 0 Å². The quantitative estimate of drug-likeness (QED) is 0.104. The molecule has 0 spiro atoms. The second-order valence-electron chi connectivity index (χ2n) is 11.7. The molecule has 1 saturated heterocycles. The average Bonchev–Trinajstić information content (AvgIpc) is 3.05. The number of hydrogen-bond donors (Lipinski definition) is 1. The molecule has 46 heavy (non-hydrogen) atoms. The van der Waals surface area contributed by atoms with Crippen LogP contribution in [0.5, 0.6) is 0 Å². The van der Waals surface area contributed by atoms with Gasteiger partial charge in [-0.05, 0) is 68.9 Å². The number of carbonyl (C=O) groups excluding carboxylic acids is 1. The molecule has 1 N–H and O–H groups in total. The Morgan fingerprint density at radius 3 is 2.43 bits per heavy atom. The summed E-state index contributed by atoms with van der Waals surface area (Å²) in [5.74, 6) is -0.279. The summed E-state index contributed by atoms with van der Waals surface area (Å²) in [6.45, 7) is 6.98. The Bertz CT molecular complexity index is 1320. The molecule has 2 aromatic rings. The average molecular weight is 656 g/mol. The number of nitrogens with one attached hydrogen (secondary N) is 1. The van der Waals surface area contributed by atoms with Crippen LogP contribution >= 0.6 is 11.8 Å². The first-order valence-corrected chi connectivity index (χ1v) is 17.5. The second kappa shape index (κ2) is 19.0. The van der Waals surface area contributed by atoms with Gasteiger partial charge >= 0.3 is 12.1 Å². The first kappa shape index (κ1) is 35.8. The standard InChI is InChI=1S/C37H48F3N3O2S/c1-2-3-4-5-6-7-8-9-10-11-12-13-16-31(20-22-36(44)45-28-27-42-25-23-41-24-26-42)43-32-17-14-15-18-34(32)46-35-21-19-30(29-33(35)43)37(38,39)40/h6-7,9-10,12-15,17-19,21,29,31,41H,2-5,8,11,16,20,22-28H2,1H3. The summed E-state index contributed by atoms with van der Waals surface area (Å²) >= 11 is 1.48. The molecular weight excluding hydrogens is 607 g/mol. The summed E-state index contributed by atoms with van der Waals surface area (Å²) in [4.78, 5) is 18.9. The van der Waals surface area contributed by atoms with Crippen LogP contribution in [-0.4, -0.2) is 56.2 Å². The number of para-hydroxylation sites is 1. The monoisotopic (exact) mass is 655 g/mol. The first-order valence-electron chi connectivity index (χ1n) is 16.7. The van der Waals surface area contributed by atoms with Crippen molar-refractivity contribution in [1.29, 1.82) is 0 Å². The number of benzene rings is 2. The number of carbonyl (C=O) groups is 1. The molecule has 0 bridgehead atoms. The number of hydrogen-bond acceptors (Lipinski definition) is 6. The summed E-state index contributed by atoms with van der Waals surface area (Å²) in [6, 6.07) is 11.5. The van der Waals surface area contributed by atoms with E-state index in [9.17, 15) is 18.0 Å². The van der Waals surface area contributed by atoms with E-state index in [-0.39, 0.29) is 18.4 Å². The predicted octanol–water partition coefficient (Wildman–Crippen LogP) is 9.32. The third-order valence-corrected chi connectivity index (χ3v) is 9.37. The number of halogens is 3. The lowest BCUT2D eigenvalue weighted by atomic mass is 10.0. The molecule has 2 aliphatic rings. The third kappa shape index (κ3) is 11.4. The molecule has 1 atom stereocenters. The van der Waals surface area contributed by atoms with E-state index in [1.807, 2.05) is 29.2 Å². The van der Waals surface area contributed by atoms with Crippen LogP contribution in [0.25, 0.3) is 0 Å². The van der Waals surface area contributed by atoms with Crippen molar-refractivity contribution >= 4 is 29.1 Å². The van der Waals surface area contributed by atoms with Crippen LogP contribution in [0.2, 0.25) is 0 Å². The molecule has 9 heteroatoms. The Morgan fingerprint density at radius 1 is 0.957 bits per heavy atom. The Kier molecular flexibility index (Phi) is 14.8. The highest BCUT2D eigenvalue weighted by Gasteiger charge is 2.35. The van der Waals surface area contributed by atoms with Gasteiger partial charge in [-0.3, -0.25) is 9.69 Å². The molecule has 4 rings (SSSR count). The molecule has 1 unspecified atom stereocenters. The van der Waals surface area contributed by atoms with Gasteiger partial charge in [0.25, 0.3) is 0 Å². The number of rotatable bonds is 17. The molecule has 1 fully saturated rings. The molecule has 2 aromatic carbocycles. The van der Waals surface area contributed by atoms with E-state index < -0.39 is 11.7 Å². The summed E-state index contributed by atoms with van der Waals surface area (Å²) in [5, 5.41) is 3.32. The van der Waals surface area contributed by atoms with Gasteiger partial charge in [-0.1, -0.05) is 80.1 Å². The van der Waals surface area contributed by atoms with Crippen molar-refractivity contribution in [2.24, 2.45) is 0 Å². The van der Waals surface area contributed by atoms with Gasteiger partial charge in [0.05, 0.1) is 16.9 Å². The number of ether oxygens (including phenoxy) is 1. The number of allylic oxidation sites excluding steroid dienone is 5. The lowest BCUT2D eigenvalue weighted by molar-refractivity contribution is -0.144. The molecule has 0 radical (unpaired) electrons. The van der Waals surface area contributed by atoms with Gasteiger partial charge in [-0.15, -0.1) is 0 Å². The summed E-state index contributed by atoms with van der Waals surface area (Å²) in [7, 11) is 0. The minimum absolute atomic E-state index is 0.185. The van der Waals surface area contributed by atoms with E-state index in [4.69, 9.17) is 4.74 Å². The van der Waals surface area contributed by atoms with E-state index >= 15 is 0 Å². The Morgan fingerprint density at radius 2 is 1.67 bits per heavy atom. The van der Waals surface area contributed by atoms with Gasteiger partial charge in [0.2, 0.25) is 0 Å². The van der Waals surface area contributed by atoms with Gasteiger partial charge < -0.3 is 15.0 Å². The van der Waals surface area contributed by atoms with Crippen LogP contribution in [0.1, 0.15) is 70.3 Å². The Balaban J connectivity index is 1.45. The Hall–Kier alpha value is -3.01. The van der Waals surface area contributed by atoms with Gasteiger partial charge in [0.1, 0.15) is 6.61 Å². The van der Waals surface area contributed by atoms with Crippen LogP contribution in [0.3, 0.4) is 0 Å². The molecule has 250 valence electrons. The Labute approximate surface area is 276 Å². The SMILES string of the molecule is CCCCCC=CCC=CCC=CCC(CCC(=O)OCCN1CCNCC1)N1c2ccccc2Sc2ccc(C(F)(F)F)cc21. The number of unbranched alkanes of at least 4 members (excludes halogenated alkanes) is 3. The zero-order chi connectivity index (χ0) is 32.6. The van der Waals surface area contributed by atoms with E-state index in [2.05, 4.69) is 53.6 Å². The largest absolute Gasteiger partial charge is 0.464 e. The zero-order valence-electron chi connectivity index (χ0n) is 26.9. The molecule has 0 amide bonds. The fourth-order valence-corrected chi connectivity index (χ4v) is 6.76. The second-order valence-corrected chi connectivity index (χ2v) is 12.8. The lowest BCUT2D eigenvalue weighted by Gasteiger charge is -2.39. The maximum Gasteiger partial charge on any atom is 0.416 e. The zero-order valence-corrected chi connectivity index (χ0v) is 27.8. The van der Waals surface area contributed by atoms with E-state index in [0.29, 0.717) is 31.7 Å². The van der Waals surface area contributed by atoms with Crippen molar-refractivity contribution in [3.05, 3.63) is 84.5 Å². The molecule has 5 nitrogen and oxygen atoms in total. The minimum Gasteiger partial charge on any atom is -0.464 e. The maximum absolute atomic E-state index is 13.8. The van der Waals surface area contributed by atoms with Crippen LogP contribution in [0.4, 0.5) is 24.5 Å². The molecular formula is C37H48F3N3O2S. The highest BCUT2D eigenvalue weighted by molar-refractivity contribution is 7.99. The van der Waals surface area contributed by atoms with Crippen molar-refractivity contribution in [2.75, 3.05) is 44.2 Å². The fraction of sp³-hybridized carbons (Fsp3) is 0.486. The van der Waals surface area contributed by atoms with Gasteiger partial charge in [-0.2, -0.15) is 13.2 Å². The highest BCUT2D eigenvalue weighted by atomic mass is 32.2. The number of anilines is 2. The highest BCUT2D eigenvalue weighted by Crippen LogP contribution is 2.51. The smallest absolute Gasteiger partial charge is 0.416 e. The van der Waals surface area contributed by atoms with Gasteiger partial charge in [0, 0.05) is 55.0 Å². The number of esters is 1. The van der Waals surface area contributed by atoms with Gasteiger partial charge in [0.15, 0.2) is 0 Å². The maximum atomic E-state index is 13.8. The lowest BCUT2D eigenvalue weighted by Crippen LogP contribution is -2.44. The van der Waals surface area contributed by atoms with Crippen LogP contribution in [0, 0.1) is 0 Å². The number of nitrogens with zero attached hydrogens (tertiary/aromatic N) is 2.